The Hall–Kier alpha value is -1.51. The van der Waals surface area contributed by atoms with Gasteiger partial charge in [0.05, 0.1) is 0 Å². The van der Waals surface area contributed by atoms with Crippen molar-refractivity contribution < 1.29 is 9.53 Å². The van der Waals surface area contributed by atoms with Crippen molar-refractivity contribution >= 4 is 29.0 Å². The first-order valence-electron chi connectivity index (χ1n) is 6.32. The van der Waals surface area contributed by atoms with Crippen molar-refractivity contribution in [2.24, 2.45) is 0 Å². The molecule has 0 saturated heterocycles. The highest BCUT2D eigenvalue weighted by molar-refractivity contribution is 6.34. The number of ether oxygens (including phenoxy) is 1. The van der Waals surface area contributed by atoms with Gasteiger partial charge in [-0.1, -0.05) is 60.5 Å². The molecule has 0 radical (unpaired) electrons. The molecule has 0 spiro atoms. The van der Waals surface area contributed by atoms with Crippen molar-refractivity contribution in [3.8, 4) is 5.75 Å². The van der Waals surface area contributed by atoms with E-state index < -0.39 is 6.10 Å². The van der Waals surface area contributed by atoms with Crippen LogP contribution in [0, 0.1) is 0 Å². The van der Waals surface area contributed by atoms with E-state index in [1.165, 1.54) is 0 Å². The zero-order valence-corrected chi connectivity index (χ0v) is 12.5. The standard InChI is InChI=1S/C16H14Cl2O2/c1-2-15(16(19)11-6-4-3-5-7-11)20-14-9-12(17)8-13(18)10-14/h3-10,15H,2H2,1H3. The molecular weight excluding hydrogens is 295 g/mol. The molecule has 0 aliphatic carbocycles. The third-order valence-corrected chi connectivity index (χ3v) is 3.27. The third kappa shape index (κ3) is 3.75. The lowest BCUT2D eigenvalue weighted by molar-refractivity contribution is 0.0786. The molecule has 0 aliphatic heterocycles. The van der Waals surface area contributed by atoms with Crippen LogP contribution in [0.25, 0.3) is 0 Å². The number of carbonyl (C=O) groups is 1. The van der Waals surface area contributed by atoms with E-state index in [-0.39, 0.29) is 5.78 Å². The molecule has 0 fully saturated rings. The Kier molecular flexibility index (Phi) is 5.05. The summed E-state index contributed by atoms with van der Waals surface area (Å²) < 4.78 is 5.72. The van der Waals surface area contributed by atoms with Gasteiger partial charge in [-0.2, -0.15) is 0 Å². The number of carbonyl (C=O) groups excluding carboxylic acids is 1. The number of benzene rings is 2. The van der Waals surface area contributed by atoms with Crippen LogP contribution in [-0.2, 0) is 0 Å². The first-order chi connectivity index (χ1) is 9.60. The van der Waals surface area contributed by atoms with Gasteiger partial charge in [0, 0.05) is 15.6 Å². The Labute approximate surface area is 128 Å². The van der Waals surface area contributed by atoms with E-state index in [9.17, 15) is 4.79 Å². The van der Waals surface area contributed by atoms with Gasteiger partial charge in [0.15, 0.2) is 6.10 Å². The maximum absolute atomic E-state index is 12.4. The van der Waals surface area contributed by atoms with Crippen LogP contribution in [0.3, 0.4) is 0 Å². The van der Waals surface area contributed by atoms with Crippen LogP contribution in [0.1, 0.15) is 23.7 Å². The van der Waals surface area contributed by atoms with Gasteiger partial charge in [-0.25, -0.2) is 0 Å². The highest BCUT2D eigenvalue weighted by atomic mass is 35.5. The van der Waals surface area contributed by atoms with Crippen LogP contribution in [0.4, 0.5) is 0 Å². The number of halogens is 2. The van der Waals surface area contributed by atoms with Gasteiger partial charge in [0.2, 0.25) is 5.78 Å². The lowest BCUT2D eigenvalue weighted by Gasteiger charge is -2.17. The topological polar surface area (TPSA) is 26.3 Å². The van der Waals surface area contributed by atoms with Crippen LogP contribution in [0.2, 0.25) is 10.0 Å². The van der Waals surface area contributed by atoms with Crippen LogP contribution in [0.15, 0.2) is 48.5 Å². The summed E-state index contributed by atoms with van der Waals surface area (Å²) in [7, 11) is 0. The smallest absolute Gasteiger partial charge is 0.203 e. The van der Waals surface area contributed by atoms with Crippen LogP contribution >= 0.6 is 23.2 Å². The van der Waals surface area contributed by atoms with Crippen molar-refractivity contribution in [3.05, 3.63) is 64.1 Å². The van der Waals surface area contributed by atoms with E-state index in [2.05, 4.69) is 0 Å². The molecule has 20 heavy (non-hydrogen) atoms. The second kappa shape index (κ2) is 6.78. The van der Waals surface area contributed by atoms with Gasteiger partial charge in [0.25, 0.3) is 0 Å². The zero-order chi connectivity index (χ0) is 14.5. The molecule has 0 N–H and O–H groups in total. The summed E-state index contributed by atoms with van der Waals surface area (Å²) in [5.74, 6) is 0.447. The molecular formula is C16H14Cl2O2. The molecule has 4 heteroatoms. The molecule has 1 unspecified atom stereocenters. The van der Waals surface area contributed by atoms with Crippen LogP contribution in [-0.4, -0.2) is 11.9 Å². The van der Waals surface area contributed by atoms with Gasteiger partial charge in [-0.05, 0) is 24.6 Å². The number of Topliss-reactive ketones (excluding diaryl/α,β-unsaturated/α-hetero) is 1. The van der Waals surface area contributed by atoms with Gasteiger partial charge >= 0.3 is 0 Å². The quantitative estimate of drug-likeness (QED) is 0.724. The lowest BCUT2D eigenvalue weighted by atomic mass is 10.0. The second-order valence-corrected chi connectivity index (χ2v) is 5.22. The SMILES string of the molecule is CCC(Oc1cc(Cl)cc(Cl)c1)C(=O)c1ccccc1. The normalized spacial score (nSPS) is 11.9. The van der Waals surface area contributed by atoms with E-state index in [1.807, 2.05) is 25.1 Å². The minimum absolute atomic E-state index is 0.0517. The molecule has 0 amide bonds. The van der Waals surface area contributed by atoms with E-state index in [0.717, 1.165) is 0 Å². The van der Waals surface area contributed by atoms with Gasteiger partial charge < -0.3 is 4.74 Å². The van der Waals surface area contributed by atoms with Gasteiger partial charge in [0.1, 0.15) is 5.75 Å². The zero-order valence-electron chi connectivity index (χ0n) is 11.0. The van der Waals surface area contributed by atoms with Crippen LogP contribution < -0.4 is 4.74 Å². The van der Waals surface area contributed by atoms with Gasteiger partial charge in [-0.15, -0.1) is 0 Å². The molecule has 2 aromatic rings. The fourth-order valence-corrected chi connectivity index (χ4v) is 2.38. The van der Waals surface area contributed by atoms with E-state index in [0.29, 0.717) is 27.8 Å². The van der Waals surface area contributed by atoms with E-state index in [4.69, 9.17) is 27.9 Å². The van der Waals surface area contributed by atoms with Crippen LogP contribution in [0.5, 0.6) is 5.75 Å². The number of rotatable bonds is 5. The number of hydrogen-bond acceptors (Lipinski definition) is 2. The van der Waals surface area contributed by atoms with Crippen molar-refractivity contribution in [2.75, 3.05) is 0 Å². The molecule has 2 nitrogen and oxygen atoms in total. The maximum atomic E-state index is 12.4. The summed E-state index contributed by atoms with van der Waals surface area (Å²) in [6.07, 6.45) is 0.0182. The number of ketones is 1. The molecule has 0 aliphatic rings. The Morgan fingerprint density at radius 3 is 2.25 bits per heavy atom. The maximum Gasteiger partial charge on any atom is 0.203 e. The van der Waals surface area contributed by atoms with Crippen molar-refractivity contribution in [1.82, 2.24) is 0 Å². The predicted molar refractivity (Wildman–Crippen MR) is 81.9 cm³/mol. The highest BCUT2D eigenvalue weighted by Gasteiger charge is 2.20. The summed E-state index contributed by atoms with van der Waals surface area (Å²) in [4.78, 5) is 12.4. The minimum atomic E-state index is -0.549. The average molecular weight is 309 g/mol. The summed E-state index contributed by atoms with van der Waals surface area (Å²) >= 11 is 11.8. The monoisotopic (exact) mass is 308 g/mol. The van der Waals surface area contributed by atoms with Crippen molar-refractivity contribution in [2.45, 2.75) is 19.4 Å². The summed E-state index contributed by atoms with van der Waals surface area (Å²) in [6.45, 7) is 1.90. The molecule has 0 bridgehead atoms. The fraction of sp³-hybridized carbons (Fsp3) is 0.188. The molecule has 1 atom stereocenters. The Morgan fingerprint density at radius 2 is 1.70 bits per heavy atom. The first-order valence-corrected chi connectivity index (χ1v) is 7.07. The van der Waals surface area contributed by atoms with Crippen molar-refractivity contribution in [1.29, 1.82) is 0 Å². The summed E-state index contributed by atoms with van der Waals surface area (Å²) in [5, 5.41) is 0.962. The van der Waals surface area contributed by atoms with Gasteiger partial charge in [-0.3, -0.25) is 4.79 Å². The summed E-state index contributed by atoms with van der Waals surface area (Å²) in [6, 6.07) is 14.0. The van der Waals surface area contributed by atoms with Crippen molar-refractivity contribution in [3.63, 3.8) is 0 Å². The number of hydrogen-bond donors (Lipinski definition) is 0. The molecule has 2 aromatic carbocycles. The largest absolute Gasteiger partial charge is 0.482 e. The summed E-state index contributed by atoms with van der Waals surface area (Å²) in [5.41, 5.74) is 0.632. The lowest BCUT2D eigenvalue weighted by Crippen LogP contribution is -2.26. The minimum Gasteiger partial charge on any atom is -0.482 e. The molecule has 0 aromatic heterocycles. The predicted octanol–water partition coefficient (Wildman–Crippen LogP) is 5.03. The Morgan fingerprint density at radius 1 is 1.10 bits per heavy atom. The van der Waals surface area contributed by atoms with E-state index >= 15 is 0 Å². The highest BCUT2D eigenvalue weighted by Crippen LogP contribution is 2.26. The van der Waals surface area contributed by atoms with E-state index in [1.54, 1.807) is 30.3 Å². The Bertz CT molecular complexity index is 576. The Balaban J connectivity index is 2.18. The molecule has 2 rings (SSSR count). The fourth-order valence-electron chi connectivity index (χ4n) is 1.87. The first kappa shape index (κ1) is 14.9. The molecule has 104 valence electrons. The average Bonchev–Trinajstić information content (AvgIpc) is 2.44. The second-order valence-electron chi connectivity index (χ2n) is 4.35. The third-order valence-electron chi connectivity index (χ3n) is 2.84. The molecule has 0 heterocycles. The molecule has 0 saturated carbocycles.